The van der Waals surface area contributed by atoms with Gasteiger partial charge in [0.2, 0.25) is 5.91 Å². The molecule has 0 rings (SSSR count). The van der Waals surface area contributed by atoms with Gasteiger partial charge < -0.3 is 15.5 Å². The van der Waals surface area contributed by atoms with Gasteiger partial charge in [-0.3, -0.25) is 4.79 Å². The summed E-state index contributed by atoms with van der Waals surface area (Å²) in [4.78, 5) is 12.3. The molecule has 0 bridgehead atoms. The Bertz CT molecular complexity index is 752. The quantitative estimate of drug-likeness (QED) is 0.0522. The van der Waals surface area contributed by atoms with Crippen LogP contribution in [0.15, 0.2) is 60.8 Å². The molecule has 0 aromatic heterocycles. The first-order chi connectivity index (χ1) is 21.7. The molecule has 0 aromatic rings. The fourth-order valence-electron chi connectivity index (χ4n) is 5.19. The number of allylic oxidation sites excluding steroid dienone is 9. The second kappa shape index (κ2) is 35.6. The Kier molecular flexibility index (Phi) is 34.0. The van der Waals surface area contributed by atoms with E-state index in [2.05, 4.69) is 61.7 Å². The van der Waals surface area contributed by atoms with Crippen molar-refractivity contribution < 1.29 is 15.0 Å². The summed E-state index contributed by atoms with van der Waals surface area (Å²) in [7, 11) is 0. The zero-order valence-corrected chi connectivity index (χ0v) is 28.9. The first-order valence-corrected chi connectivity index (χ1v) is 18.5. The van der Waals surface area contributed by atoms with Crippen molar-refractivity contribution in [2.24, 2.45) is 0 Å². The van der Waals surface area contributed by atoms with Crippen LogP contribution in [0.2, 0.25) is 0 Å². The summed E-state index contributed by atoms with van der Waals surface area (Å²) in [6.45, 7) is 4.14. The Balaban J connectivity index is 3.71. The molecule has 2 atom stereocenters. The Morgan fingerprint density at radius 2 is 1.00 bits per heavy atom. The summed E-state index contributed by atoms with van der Waals surface area (Å²) in [5, 5.41) is 22.8. The lowest BCUT2D eigenvalue weighted by molar-refractivity contribution is -0.122. The van der Waals surface area contributed by atoms with Gasteiger partial charge in [0.25, 0.3) is 0 Å². The number of nitrogens with one attached hydrogen (secondary N) is 1. The maximum absolute atomic E-state index is 12.3. The molecule has 1 amide bonds. The molecule has 0 spiro atoms. The average Bonchev–Trinajstić information content (AvgIpc) is 3.03. The van der Waals surface area contributed by atoms with E-state index < -0.39 is 12.1 Å². The van der Waals surface area contributed by atoms with E-state index in [9.17, 15) is 15.0 Å². The summed E-state index contributed by atoms with van der Waals surface area (Å²) in [6, 6.07) is -0.660. The van der Waals surface area contributed by atoms with Crippen LogP contribution >= 0.6 is 0 Å². The molecule has 0 aliphatic rings. The van der Waals surface area contributed by atoms with Gasteiger partial charge in [0.15, 0.2) is 0 Å². The van der Waals surface area contributed by atoms with Gasteiger partial charge in [-0.2, -0.15) is 0 Å². The Morgan fingerprint density at radius 1 is 0.568 bits per heavy atom. The number of carbonyl (C=O) groups is 1. The van der Waals surface area contributed by atoms with E-state index in [1.807, 2.05) is 12.2 Å². The normalized spacial score (nSPS) is 13.8. The van der Waals surface area contributed by atoms with E-state index >= 15 is 0 Å². The van der Waals surface area contributed by atoms with Crippen LogP contribution in [0.1, 0.15) is 168 Å². The average molecular weight is 614 g/mol. The molecule has 0 aromatic carbocycles. The fraction of sp³-hybridized carbons (Fsp3) is 0.725. The van der Waals surface area contributed by atoms with Crippen LogP contribution in [0.3, 0.4) is 0 Å². The SMILES string of the molecule is CC/C=C\C/C=C\C/C=C\C/C=C\CCC(=O)NC(CO)C(O)/C=C/CCCCCCCCCCCCCCCCCCC. The minimum Gasteiger partial charge on any atom is -0.394 e. The smallest absolute Gasteiger partial charge is 0.220 e. The number of unbranched alkanes of at least 4 members (excludes halogenated alkanes) is 17. The fourth-order valence-corrected chi connectivity index (χ4v) is 5.19. The monoisotopic (exact) mass is 614 g/mol. The maximum atomic E-state index is 12.3. The van der Waals surface area contributed by atoms with Crippen molar-refractivity contribution in [3.8, 4) is 0 Å². The molecular formula is C40H71NO3. The second-order valence-electron chi connectivity index (χ2n) is 12.3. The lowest BCUT2D eigenvalue weighted by Gasteiger charge is -2.19. The highest BCUT2D eigenvalue weighted by Gasteiger charge is 2.17. The summed E-state index contributed by atoms with van der Waals surface area (Å²) in [6.07, 6.45) is 48.9. The minimum absolute atomic E-state index is 0.146. The minimum atomic E-state index is -0.868. The molecule has 254 valence electrons. The van der Waals surface area contributed by atoms with E-state index in [0.717, 1.165) is 38.5 Å². The van der Waals surface area contributed by atoms with Crippen molar-refractivity contribution in [2.75, 3.05) is 6.61 Å². The highest BCUT2D eigenvalue weighted by atomic mass is 16.3. The molecule has 4 nitrogen and oxygen atoms in total. The molecule has 0 aliphatic heterocycles. The number of hydrogen-bond donors (Lipinski definition) is 3. The van der Waals surface area contributed by atoms with Gasteiger partial charge in [-0.05, 0) is 44.9 Å². The van der Waals surface area contributed by atoms with Crippen molar-refractivity contribution in [1.82, 2.24) is 5.32 Å². The third kappa shape index (κ3) is 31.5. The molecule has 0 radical (unpaired) electrons. The Morgan fingerprint density at radius 3 is 1.45 bits per heavy atom. The summed E-state index contributed by atoms with van der Waals surface area (Å²) in [5.74, 6) is -0.146. The molecule has 0 fully saturated rings. The lowest BCUT2D eigenvalue weighted by Crippen LogP contribution is -2.45. The van der Waals surface area contributed by atoms with Crippen molar-refractivity contribution in [3.05, 3.63) is 60.8 Å². The number of aliphatic hydroxyl groups excluding tert-OH is 2. The summed E-state index contributed by atoms with van der Waals surface area (Å²) in [5.41, 5.74) is 0. The summed E-state index contributed by atoms with van der Waals surface area (Å²) < 4.78 is 0. The standard InChI is InChI=1S/C40H71NO3/c1-3-5-7-9-11-13-15-17-18-19-20-21-22-24-25-27-29-31-33-35-39(43)38(37-42)41-40(44)36-34-32-30-28-26-23-16-14-12-10-8-6-4-2/h6,8,12,14,23,26,30,32-33,35,38-39,42-43H,3-5,7,9-11,13,15-22,24-25,27-29,31,34,36-37H2,1-2H3,(H,41,44)/b8-6-,14-12-,26-23-,32-30-,35-33+. The molecule has 0 saturated heterocycles. The van der Waals surface area contributed by atoms with Gasteiger partial charge in [0.05, 0.1) is 18.8 Å². The molecule has 0 aliphatic carbocycles. The van der Waals surface area contributed by atoms with Crippen molar-refractivity contribution in [1.29, 1.82) is 0 Å². The van der Waals surface area contributed by atoms with E-state index in [-0.39, 0.29) is 12.5 Å². The van der Waals surface area contributed by atoms with E-state index in [4.69, 9.17) is 0 Å². The Labute approximate surface area is 273 Å². The van der Waals surface area contributed by atoms with E-state index in [0.29, 0.717) is 12.8 Å². The second-order valence-corrected chi connectivity index (χ2v) is 12.3. The van der Waals surface area contributed by atoms with Crippen LogP contribution in [0.25, 0.3) is 0 Å². The topological polar surface area (TPSA) is 69.6 Å². The molecule has 4 heteroatoms. The Hall–Kier alpha value is -1.91. The number of amides is 1. The molecule has 0 saturated carbocycles. The van der Waals surface area contributed by atoms with Gasteiger partial charge in [0, 0.05) is 6.42 Å². The van der Waals surface area contributed by atoms with E-state index in [1.165, 1.54) is 103 Å². The van der Waals surface area contributed by atoms with Gasteiger partial charge in [-0.25, -0.2) is 0 Å². The van der Waals surface area contributed by atoms with E-state index in [1.54, 1.807) is 6.08 Å². The maximum Gasteiger partial charge on any atom is 0.220 e. The molecule has 44 heavy (non-hydrogen) atoms. The van der Waals surface area contributed by atoms with Crippen molar-refractivity contribution in [3.63, 3.8) is 0 Å². The van der Waals surface area contributed by atoms with Crippen LogP contribution < -0.4 is 5.32 Å². The van der Waals surface area contributed by atoms with Crippen LogP contribution in [0.5, 0.6) is 0 Å². The predicted molar refractivity (Wildman–Crippen MR) is 193 cm³/mol. The largest absolute Gasteiger partial charge is 0.394 e. The number of rotatable bonds is 32. The zero-order valence-electron chi connectivity index (χ0n) is 28.9. The van der Waals surface area contributed by atoms with Crippen molar-refractivity contribution in [2.45, 2.75) is 180 Å². The number of hydrogen-bond acceptors (Lipinski definition) is 3. The molecular weight excluding hydrogens is 542 g/mol. The lowest BCUT2D eigenvalue weighted by atomic mass is 10.0. The van der Waals surface area contributed by atoms with Gasteiger partial charge in [0.1, 0.15) is 0 Å². The van der Waals surface area contributed by atoms with Crippen molar-refractivity contribution >= 4 is 5.91 Å². The van der Waals surface area contributed by atoms with Crippen LogP contribution in [0.4, 0.5) is 0 Å². The van der Waals surface area contributed by atoms with Gasteiger partial charge in [-0.15, -0.1) is 0 Å². The third-order valence-corrected chi connectivity index (χ3v) is 8.02. The van der Waals surface area contributed by atoms with Crippen LogP contribution in [-0.4, -0.2) is 34.9 Å². The molecule has 2 unspecified atom stereocenters. The zero-order chi connectivity index (χ0) is 32.2. The first-order valence-electron chi connectivity index (χ1n) is 18.5. The molecule has 0 heterocycles. The first kappa shape index (κ1) is 42.1. The molecule has 3 N–H and O–H groups in total. The third-order valence-electron chi connectivity index (χ3n) is 8.02. The van der Waals surface area contributed by atoms with Gasteiger partial charge >= 0.3 is 0 Å². The summed E-state index contributed by atoms with van der Waals surface area (Å²) >= 11 is 0. The highest BCUT2D eigenvalue weighted by molar-refractivity contribution is 5.76. The number of aliphatic hydroxyl groups is 2. The predicted octanol–water partition coefficient (Wildman–Crippen LogP) is 11.0. The number of carbonyl (C=O) groups excluding carboxylic acids is 1. The van der Waals surface area contributed by atoms with Gasteiger partial charge in [-0.1, -0.05) is 177 Å². The van der Waals surface area contributed by atoms with Crippen LogP contribution in [0, 0.1) is 0 Å². The highest BCUT2D eigenvalue weighted by Crippen LogP contribution is 2.14. The van der Waals surface area contributed by atoms with Crippen LogP contribution in [-0.2, 0) is 4.79 Å².